The Hall–Kier alpha value is -7.70. The van der Waals surface area contributed by atoms with Crippen LogP contribution in [0.25, 0.3) is 0 Å². The van der Waals surface area contributed by atoms with E-state index in [1.807, 2.05) is 0 Å². The summed E-state index contributed by atoms with van der Waals surface area (Å²) >= 11 is -9.36. The van der Waals surface area contributed by atoms with Crippen LogP contribution in [0.3, 0.4) is 0 Å². The molecule has 0 radical (unpaired) electrons. The molecule has 138 heavy (non-hydrogen) atoms. The molecule has 40 heteroatoms. The van der Waals surface area contributed by atoms with Crippen LogP contribution < -0.4 is 121 Å². The van der Waals surface area contributed by atoms with Gasteiger partial charge >= 0.3 is 152 Å². The number of benzene rings is 12. The zero-order valence-electron chi connectivity index (χ0n) is 74.9. The summed E-state index contributed by atoms with van der Waals surface area (Å²) in [7, 11) is -10.7. The number of hydrogen-bond donors (Lipinski definition) is 0. The van der Waals surface area contributed by atoms with E-state index < -0.39 is 172 Å². The van der Waals surface area contributed by atoms with Crippen molar-refractivity contribution in [3.05, 3.63) is 373 Å². The van der Waals surface area contributed by atoms with Crippen LogP contribution in [-0.2, 0) is 6.42 Å². The van der Waals surface area contributed by atoms with E-state index in [4.69, 9.17) is 9.47 Å². The molecule has 0 fully saturated rings. The van der Waals surface area contributed by atoms with Crippen LogP contribution in [0.5, 0.6) is 11.5 Å². The molecule has 0 saturated heterocycles. The fraction of sp³-hybridized carbons (Fsp3) is 0.265. The van der Waals surface area contributed by atoms with Crippen molar-refractivity contribution in [3.8, 4) is 11.5 Å². The van der Waals surface area contributed by atoms with Gasteiger partial charge in [0.25, 0.3) is 0 Å². The Labute approximate surface area is 825 Å². The molecule has 0 saturated carbocycles. The first kappa shape index (κ1) is 121. The number of halogens is 35. The molecule has 0 aliphatic rings. The minimum atomic E-state index is -10.7. The molecule has 0 unspecified atom stereocenters. The van der Waals surface area contributed by atoms with Gasteiger partial charge in [0.1, 0.15) is 64.2 Å². The van der Waals surface area contributed by atoms with Gasteiger partial charge in [0.15, 0.2) is 92.6 Å². The second kappa shape index (κ2) is 54.1. The third kappa shape index (κ3) is 38.5. The average molecular weight is 2560 g/mol. The minimum absolute atomic E-state index is 0. The molecule has 12 aromatic carbocycles. The Kier molecular flexibility index (Phi) is 47.4. The normalized spacial score (nSPS) is 12.1. The first-order chi connectivity index (χ1) is 64.0. The Morgan fingerprint density at radius 1 is 0.275 bits per heavy atom. The molecule has 0 heterocycles. The molecule has 12 aromatic rings. The summed E-state index contributed by atoms with van der Waals surface area (Å²) < 4.78 is 414. The SMILES string of the molecule is CCCCCCCCOc1ccc([I+]c2ccccc2)cc1.CCCCCCCCOc1ccc([I+]c2ccccc2)cc1.CCc1ccc([I+]c2ccc(C(C)C)cc2)cc1.Cc1c(F)c(F)c([B-](c2c(F)c(F)c(F)c(F)c2F)(c2c(F)c(F)c(F)c(F)c2F)c2c(F)c(F)c(F)c(F)c2F)c(F)c1F.Cc1ccc([I+]c2ccc(C(C)C)cc2)cc1.F[P-](F)(F)(F)(F)F.[F-].[F][Sb]([F])([F])([F])[F]. The van der Waals surface area contributed by atoms with Gasteiger partial charge in [-0.25, -0.2) is 83.4 Å². The third-order valence-corrected chi connectivity index (χ3v) is 30.6. The van der Waals surface area contributed by atoms with Crippen molar-refractivity contribution < 1.29 is 222 Å². The van der Waals surface area contributed by atoms with Gasteiger partial charge in [-0.2, -0.15) is 0 Å². The maximum absolute atomic E-state index is 15.6. The fourth-order valence-corrected chi connectivity index (χ4v) is 21.7. The van der Waals surface area contributed by atoms with Crippen LogP contribution in [0.4, 0.5) is 123 Å². The predicted molar refractivity (Wildman–Crippen MR) is 460 cm³/mol. The number of unbranched alkanes of at least 4 members (excludes halogenated alkanes) is 10. The van der Waals surface area contributed by atoms with Gasteiger partial charge in [0.05, 0.1) is 13.2 Å². The molecule has 0 aliphatic heterocycles. The maximum atomic E-state index is 15.6. The summed E-state index contributed by atoms with van der Waals surface area (Å²) in [5, 5.41) is 0. The van der Waals surface area contributed by atoms with E-state index in [1.165, 1.54) is 128 Å². The Balaban J connectivity index is 0.000000308. The van der Waals surface area contributed by atoms with E-state index >= 15 is 35.1 Å². The van der Waals surface area contributed by atoms with Gasteiger partial charge in [0, 0.05) is 5.56 Å². The summed E-state index contributed by atoms with van der Waals surface area (Å²) in [6.07, 6.45) is 9.79. The Bertz CT molecular complexity index is 5360. The van der Waals surface area contributed by atoms with Crippen LogP contribution in [0, 0.1) is 153 Å². The number of rotatable bonds is 31. The van der Waals surface area contributed by atoms with Gasteiger partial charge in [-0.05, 0) is 183 Å². The van der Waals surface area contributed by atoms with Gasteiger partial charge in [-0.1, -0.05) is 203 Å². The van der Waals surface area contributed by atoms with E-state index in [9.17, 15) is 87.5 Å². The van der Waals surface area contributed by atoms with Crippen molar-refractivity contribution in [2.45, 2.75) is 158 Å². The van der Waals surface area contributed by atoms with Crippen molar-refractivity contribution in [2.75, 3.05) is 13.2 Å². The summed E-state index contributed by atoms with van der Waals surface area (Å²) in [4.78, 5) is 0. The van der Waals surface area contributed by atoms with Crippen LogP contribution in [0.15, 0.2) is 206 Å². The molecule has 0 aliphatic carbocycles. The summed E-state index contributed by atoms with van der Waals surface area (Å²) in [6.45, 7) is 19.7. The number of ether oxygens (including phenoxy) is 2. The molecular weight excluding hydrogens is 2470 g/mol. The molecule has 0 amide bonds. The molecule has 0 spiro atoms. The van der Waals surface area contributed by atoms with Crippen molar-refractivity contribution in [1.82, 2.24) is 0 Å². The molecule has 0 aromatic heterocycles. The van der Waals surface area contributed by atoms with E-state index in [0.717, 1.165) is 31.1 Å². The molecule has 0 bridgehead atoms. The molecule has 12 rings (SSSR count). The fourth-order valence-electron chi connectivity index (χ4n) is 13.0. The zero-order chi connectivity index (χ0) is 102. The topological polar surface area (TPSA) is 18.5 Å². The Morgan fingerprint density at radius 3 is 0.717 bits per heavy atom. The van der Waals surface area contributed by atoms with Crippen molar-refractivity contribution >= 4 is 56.1 Å². The molecule has 0 atom stereocenters. The van der Waals surface area contributed by atoms with E-state index in [-0.39, 0.29) is 96.4 Å². The third-order valence-electron chi connectivity index (χ3n) is 19.9. The van der Waals surface area contributed by atoms with Crippen LogP contribution in [0.2, 0.25) is 0 Å². The second-order valence-electron chi connectivity index (χ2n) is 31.0. The van der Waals surface area contributed by atoms with E-state index in [2.05, 4.69) is 262 Å². The van der Waals surface area contributed by atoms with E-state index in [1.54, 1.807) is 0 Å². The summed E-state index contributed by atoms with van der Waals surface area (Å²) in [5.41, 5.74) is -9.93. The predicted octanol–water partition coefficient (Wildman–Crippen LogP) is 16.0. The van der Waals surface area contributed by atoms with Gasteiger partial charge in [-0.15, -0.1) is 21.9 Å². The second-order valence-corrected chi connectivity index (χ2v) is 48.7. The first-order valence-electron chi connectivity index (χ1n) is 42.2. The van der Waals surface area contributed by atoms with Crippen LogP contribution >= 0.6 is 7.81 Å². The molecule has 2 nitrogen and oxygen atoms in total. The number of aryl methyl sites for hydroxylation is 2. The molecular formula is C98H93BF31I4O2PSb+. The average Bonchev–Trinajstić information content (AvgIpc) is 0.678. The zero-order valence-corrected chi connectivity index (χ0v) is 87.0. The van der Waals surface area contributed by atoms with Gasteiger partial charge in [-0.3, -0.25) is 0 Å². The van der Waals surface area contributed by atoms with Crippen molar-refractivity contribution in [3.63, 3.8) is 0 Å². The first-order valence-corrected chi connectivity index (χ1v) is 57.7. The van der Waals surface area contributed by atoms with Crippen LogP contribution in [0.1, 0.15) is 165 Å². The summed E-state index contributed by atoms with van der Waals surface area (Å²) in [6, 6.07) is 75.2. The molecule has 0 N–H and O–H groups in total. The molecule has 754 valence electrons. The summed E-state index contributed by atoms with van der Waals surface area (Å²) in [5.74, 6) is -61.5. The van der Waals surface area contributed by atoms with Crippen molar-refractivity contribution in [2.24, 2.45) is 0 Å². The monoisotopic (exact) mass is 2560 g/mol. The quantitative estimate of drug-likeness (QED) is 0.00820. The van der Waals surface area contributed by atoms with E-state index in [0.29, 0.717) is 11.8 Å². The Morgan fingerprint density at radius 2 is 0.478 bits per heavy atom. The van der Waals surface area contributed by atoms with Gasteiger partial charge < -0.3 is 14.2 Å². The van der Waals surface area contributed by atoms with Gasteiger partial charge in [0.2, 0.25) is 0 Å². The van der Waals surface area contributed by atoms with Crippen molar-refractivity contribution in [1.29, 1.82) is 0 Å². The standard InChI is InChI=1S/C25H3BF19.2C20H26IO.C17H20I.C16H18I.F6P.6FH.Sb/c1-2-7(27)9(29)3(10(30)8(2)28)26(4-11(31)17(37)23(43)18(38)12(4)32,5-13(33)19(39)24(44)20(40)14(5)34)6-15(35)21(41)25(45)22(42)16(6)36;2*1-2-3-4-5-6-10-17-22-20-15-13-19(14-16-20)21-18-11-8-7-9-12-18;1-4-14-5-9-16(10-6-14)18-17-11-7-15(8-12-17)13(2)3;1-12(2)14-6-10-16(11-7-14)17-15-8-4-13(3)5-9-15;1-7(2,3,4,5)6;;;;;;;/h1H3;2*7-9,11-16H,2-6,10,17H2,1H3;5-13H,4H2,1-3H3;4-12H,1-3H3;;6*1H;/q-1;4*+1;-1;;;;;;;+5/p-6. The number of hydrogen-bond acceptors (Lipinski definition) is 2. The van der Waals surface area contributed by atoms with Crippen LogP contribution in [-0.4, -0.2) is 39.7 Å².